The van der Waals surface area contributed by atoms with Gasteiger partial charge in [0.05, 0.1) is 11.0 Å². The van der Waals surface area contributed by atoms with Gasteiger partial charge in [-0.25, -0.2) is 9.18 Å². The van der Waals surface area contributed by atoms with E-state index in [1.54, 1.807) is 6.07 Å². The van der Waals surface area contributed by atoms with E-state index in [0.717, 1.165) is 27.8 Å². The molecule has 0 spiro atoms. The first-order valence-corrected chi connectivity index (χ1v) is 6.33. The van der Waals surface area contributed by atoms with Gasteiger partial charge in [0.2, 0.25) is 0 Å². The summed E-state index contributed by atoms with van der Waals surface area (Å²) in [6.07, 6.45) is 0. The zero-order chi connectivity index (χ0) is 14.1. The maximum absolute atomic E-state index is 13.0. The molecule has 0 amide bonds. The zero-order valence-corrected chi connectivity index (χ0v) is 11.0. The molecule has 0 unspecified atom stereocenters. The Morgan fingerprint density at radius 3 is 2.70 bits per heavy atom. The molecule has 0 aliphatic heterocycles. The quantitative estimate of drug-likeness (QED) is 0.686. The van der Waals surface area contributed by atoms with Gasteiger partial charge in [-0.2, -0.15) is 0 Å². The summed E-state index contributed by atoms with van der Waals surface area (Å²) in [6, 6.07) is 10.3. The first-order chi connectivity index (χ1) is 9.61. The lowest BCUT2D eigenvalue weighted by Crippen LogP contribution is -2.01. The van der Waals surface area contributed by atoms with Crippen molar-refractivity contribution in [3.05, 3.63) is 63.8 Å². The molecule has 0 atom stereocenters. The molecular weight excluding hydrogens is 257 g/mol. The summed E-state index contributed by atoms with van der Waals surface area (Å²) >= 11 is 0. The lowest BCUT2D eigenvalue weighted by molar-refractivity contribution is 0.625. The summed E-state index contributed by atoms with van der Waals surface area (Å²) in [5.74, 6) is -0.224. The van der Waals surface area contributed by atoms with Crippen molar-refractivity contribution in [2.75, 3.05) is 5.32 Å². The van der Waals surface area contributed by atoms with E-state index in [-0.39, 0.29) is 11.5 Å². The van der Waals surface area contributed by atoms with Crippen molar-refractivity contribution in [3.8, 4) is 0 Å². The Balaban J connectivity index is 1.80. The van der Waals surface area contributed by atoms with E-state index < -0.39 is 0 Å². The van der Waals surface area contributed by atoms with Gasteiger partial charge in [0.25, 0.3) is 0 Å². The maximum atomic E-state index is 13.0. The normalized spacial score (nSPS) is 10.9. The SMILES string of the molecule is Cc1cc(F)ccc1CNc1ccc2[nH]c(=O)[nH]c2c1. The molecule has 3 N–H and O–H groups in total. The average molecular weight is 271 g/mol. The smallest absolute Gasteiger partial charge is 0.323 e. The molecule has 0 aliphatic rings. The molecule has 5 heteroatoms. The van der Waals surface area contributed by atoms with Gasteiger partial charge in [0.1, 0.15) is 5.82 Å². The second-order valence-electron chi connectivity index (χ2n) is 4.76. The molecule has 0 aliphatic carbocycles. The number of aryl methyl sites for hydroxylation is 1. The molecule has 0 bridgehead atoms. The number of halogens is 1. The van der Waals surface area contributed by atoms with E-state index in [9.17, 15) is 9.18 Å². The Morgan fingerprint density at radius 1 is 1.10 bits per heavy atom. The number of H-pyrrole nitrogens is 2. The fourth-order valence-electron chi connectivity index (χ4n) is 2.20. The van der Waals surface area contributed by atoms with E-state index in [1.165, 1.54) is 12.1 Å². The summed E-state index contributed by atoms with van der Waals surface area (Å²) in [5.41, 5.74) is 4.17. The van der Waals surface area contributed by atoms with Crippen LogP contribution in [0.15, 0.2) is 41.2 Å². The Morgan fingerprint density at radius 2 is 1.90 bits per heavy atom. The fourth-order valence-corrected chi connectivity index (χ4v) is 2.20. The summed E-state index contributed by atoms with van der Waals surface area (Å²) in [4.78, 5) is 16.6. The second-order valence-corrected chi connectivity index (χ2v) is 4.76. The van der Waals surface area contributed by atoms with E-state index in [2.05, 4.69) is 15.3 Å². The van der Waals surface area contributed by atoms with Crippen LogP contribution < -0.4 is 11.0 Å². The van der Waals surface area contributed by atoms with Crippen LogP contribution in [0.4, 0.5) is 10.1 Å². The van der Waals surface area contributed by atoms with Crippen molar-refractivity contribution >= 4 is 16.7 Å². The van der Waals surface area contributed by atoms with Crippen LogP contribution in [0.1, 0.15) is 11.1 Å². The molecule has 0 saturated heterocycles. The van der Waals surface area contributed by atoms with Gasteiger partial charge < -0.3 is 15.3 Å². The largest absolute Gasteiger partial charge is 0.381 e. The van der Waals surface area contributed by atoms with Crippen LogP contribution >= 0.6 is 0 Å². The van der Waals surface area contributed by atoms with Crippen molar-refractivity contribution in [2.24, 2.45) is 0 Å². The Hall–Kier alpha value is -2.56. The lowest BCUT2D eigenvalue weighted by atomic mass is 10.1. The van der Waals surface area contributed by atoms with Crippen LogP contribution in [-0.4, -0.2) is 9.97 Å². The molecular formula is C15H14FN3O. The molecule has 102 valence electrons. The van der Waals surface area contributed by atoms with Gasteiger partial charge in [-0.3, -0.25) is 0 Å². The molecule has 0 fully saturated rings. The molecule has 2 aromatic carbocycles. The van der Waals surface area contributed by atoms with Gasteiger partial charge in [0, 0.05) is 12.2 Å². The fraction of sp³-hybridized carbons (Fsp3) is 0.133. The average Bonchev–Trinajstić information content (AvgIpc) is 2.77. The van der Waals surface area contributed by atoms with Crippen LogP contribution in [-0.2, 0) is 6.54 Å². The number of rotatable bonds is 3. The molecule has 4 nitrogen and oxygen atoms in total. The number of anilines is 1. The minimum atomic E-state index is -0.224. The highest BCUT2D eigenvalue weighted by molar-refractivity contribution is 5.78. The Labute approximate surface area is 114 Å². The van der Waals surface area contributed by atoms with Crippen molar-refractivity contribution in [1.82, 2.24) is 9.97 Å². The van der Waals surface area contributed by atoms with Crippen molar-refractivity contribution < 1.29 is 4.39 Å². The predicted molar refractivity (Wildman–Crippen MR) is 77.4 cm³/mol. The highest BCUT2D eigenvalue weighted by atomic mass is 19.1. The van der Waals surface area contributed by atoms with Gasteiger partial charge >= 0.3 is 5.69 Å². The zero-order valence-electron chi connectivity index (χ0n) is 11.0. The Bertz CT molecular complexity index is 819. The second kappa shape index (κ2) is 4.85. The summed E-state index contributed by atoms with van der Waals surface area (Å²) in [7, 11) is 0. The number of fused-ring (bicyclic) bond motifs is 1. The molecule has 20 heavy (non-hydrogen) atoms. The van der Waals surface area contributed by atoms with Crippen LogP contribution in [0.25, 0.3) is 11.0 Å². The highest BCUT2D eigenvalue weighted by Gasteiger charge is 2.02. The molecule has 0 radical (unpaired) electrons. The standard InChI is InChI=1S/C15H14FN3O/c1-9-6-11(16)3-2-10(9)8-17-12-4-5-13-14(7-12)19-15(20)18-13/h2-7,17H,8H2,1H3,(H2,18,19,20). The number of aromatic nitrogens is 2. The van der Waals surface area contributed by atoms with Crippen molar-refractivity contribution in [3.63, 3.8) is 0 Å². The van der Waals surface area contributed by atoms with E-state index in [0.29, 0.717) is 6.54 Å². The van der Waals surface area contributed by atoms with Gasteiger partial charge in [0.15, 0.2) is 0 Å². The monoisotopic (exact) mass is 271 g/mol. The molecule has 1 heterocycles. The van der Waals surface area contributed by atoms with Crippen molar-refractivity contribution in [2.45, 2.75) is 13.5 Å². The molecule has 1 aromatic heterocycles. The van der Waals surface area contributed by atoms with Crippen LogP contribution in [0.5, 0.6) is 0 Å². The Kier molecular flexibility index (Phi) is 3.02. The van der Waals surface area contributed by atoms with Crippen LogP contribution in [0.2, 0.25) is 0 Å². The minimum absolute atomic E-state index is 0.216. The van der Waals surface area contributed by atoms with Gasteiger partial charge in [-0.1, -0.05) is 6.07 Å². The minimum Gasteiger partial charge on any atom is -0.381 e. The third-order valence-corrected chi connectivity index (χ3v) is 3.30. The lowest BCUT2D eigenvalue weighted by Gasteiger charge is -2.09. The van der Waals surface area contributed by atoms with Crippen LogP contribution in [0, 0.1) is 12.7 Å². The van der Waals surface area contributed by atoms with Crippen molar-refractivity contribution in [1.29, 1.82) is 0 Å². The topological polar surface area (TPSA) is 60.7 Å². The van der Waals surface area contributed by atoms with E-state index >= 15 is 0 Å². The van der Waals surface area contributed by atoms with E-state index in [4.69, 9.17) is 0 Å². The van der Waals surface area contributed by atoms with Gasteiger partial charge in [-0.05, 0) is 48.4 Å². The number of imidazole rings is 1. The third kappa shape index (κ3) is 2.42. The number of benzene rings is 2. The molecule has 3 aromatic rings. The molecule has 3 rings (SSSR count). The third-order valence-electron chi connectivity index (χ3n) is 3.30. The highest BCUT2D eigenvalue weighted by Crippen LogP contribution is 2.17. The number of hydrogen-bond acceptors (Lipinski definition) is 2. The number of hydrogen-bond donors (Lipinski definition) is 3. The predicted octanol–water partition coefficient (Wildman–Crippen LogP) is 2.92. The number of aromatic amines is 2. The first kappa shape index (κ1) is 12.5. The molecule has 0 saturated carbocycles. The van der Waals surface area contributed by atoms with Gasteiger partial charge in [-0.15, -0.1) is 0 Å². The first-order valence-electron chi connectivity index (χ1n) is 6.33. The maximum Gasteiger partial charge on any atom is 0.323 e. The summed E-state index contributed by atoms with van der Waals surface area (Å²) in [5, 5.41) is 3.26. The number of nitrogens with one attached hydrogen (secondary N) is 3. The summed E-state index contributed by atoms with van der Waals surface area (Å²) in [6.45, 7) is 2.49. The van der Waals surface area contributed by atoms with E-state index in [1.807, 2.05) is 25.1 Å². The summed E-state index contributed by atoms with van der Waals surface area (Å²) < 4.78 is 13.0. The van der Waals surface area contributed by atoms with Crippen LogP contribution in [0.3, 0.4) is 0 Å².